The number of hydrogen-bond acceptors (Lipinski definition) is 7. The molecule has 1 aliphatic heterocycles. The molecule has 3 aromatic heterocycles. The van der Waals surface area contributed by atoms with E-state index in [1.165, 1.54) is 28.0 Å². The molecular weight excluding hydrogens is 515 g/mol. The first-order valence-corrected chi connectivity index (χ1v) is 13.6. The maximum Gasteiger partial charge on any atom is 0.356 e. The number of anilines is 1. The van der Waals surface area contributed by atoms with E-state index in [0.717, 1.165) is 11.3 Å². The van der Waals surface area contributed by atoms with E-state index in [2.05, 4.69) is 23.1 Å². The Morgan fingerprint density at radius 2 is 1.97 bits per heavy atom. The quantitative estimate of drug-likeness (QED) is 0.317. The summed E-state index contributed by atoms with van der Waals surface area (Å²) in [5.41, 5.74) is 3.61. The molecule has 0 N–H and O–H groups in total. The predicted molar refractivity (Wildman–Crippen MR) is 154 cm³/mol. The van der Waals surface area contributed by atoms with E-state index < -0.39 is 11.5 Å². The molecule has 1 fully saturated rings. The van der Waals surface area contributed by atoms with E-state index in [9.17, 15) is 9.59 Å². The standard InChI is InChI=1S/C29H29FN6O2S/c1-6-19-10-8-9-11-20(19)25-22(30)14-21-26(35-13-12-34(15-18(35)5)23(37)7-2)33-29(38)36(27(21)32-25)28-24(17(3)4)31-16-39-28/h6-11,14,16-18H,1-2,12-13,15H2,3-5H3/t18-/m0/s1. The van der Waals surface area contributed by atoms with Crippen molar-refractivity contribution in [3.8, 4) is 16.3 Å². The zero-order valence-corrected chi connectivity index (χ0v) is 22.9. The van der Waals surface area contributed by atoms with Gasteiger partial charge in [0.2, 0.25) is 5.91 Å². The van der Waals surface area contributed by atoms with Crippen LogP contribution in [0.15, 0.2) is 59.9 Å². The highest BCUT2D eigenvalue weighted by molar-refractivity contribution is 7.12. The van der Waals surface area contributed by atoms with Crippen molar-refractivity contribution in [3.05, 3.63) is 82.6 Å². The maximum absolute atomic E-state index is 15.9. The highest BCUT2D eigenvalue weighted by Gasteiger charge is 2.30. The molecule has 5 rings (SSSR count). The molecule has 0 aliphatic carbocycles. The van der Waals surface area contributed by atoms with Gasteiger partial charge in [0.05, 0.1) is 16.6 Å². The lowest BCUT2D eigenvalue weighted by atomic mass is 10.0. The monoisotopic (exact) mass is 544 g/mol. The predicted octanol–water partition coefficient (Wildman–Crippen LogP) is 5.03. The average molecular weight is 545 g/mol. The molecule has 200 valence electrons. The second-order valence-corrected chi connectivity index (χ2v) is 10.6. The first-order valence-electron chi connectivity index (χ1n) is 12.7. The molecule has 1 aliphatic rings. The normalized spacial score (nSPS) is 15.7. The van der Waals surface area contributed by atoms with E-state index >= 15 is 4.39 Å². The molecule has 1 amide bonds. The van der Waals surface area contributed by atoms with Crippen LogP contribution in [0.1, 0.15) is 37.9 Å². The third-order valence-electron chi connectivity index (χ3n) is 6.95. The number of carbonyl (C=O) groups is 1. The summed E-state index contributed by atoms with van der Waals surface area (Å²) in [7, 11) is 0. The molecule has 0 spiro atoms. The number of halogens is 1. The van der Waals surface area contributed by atoms with Crippen molar-refractivity contribution in [2.24, 2.45) is 0 Å². The smallest absolute Gasteiger partial charge is 0.350 e. The van der Waals surface area contributed by atoms with Gasteiger partial charge in [-0.05, 0) is 30.5 Å². The van der Waals surface area contributed by atoms with Gasteiger partial charge in [0, 0.05) is 31.2 Å². The van der Waals surface area contributed by atoms with Gasteiger partial charge in [-0.3, -0.25) is 4.79 Å². The van der Waals surface area contributed by atoms with Crippen LogP contribution in [-0.2, 0) is 4.79 Å². The van der Waals surface area contributed by atoms with Crippen LogP contribution in [0.3, 0.4) is 0 Å². The number of thiazole rings is 1. The second kappa shape index (κ2) is 10.5. The number of pyridine rings is 1. The van der Waals surface area contributed by atoms with Crippen molar-refractivity contribution in [1.82, 2.24) is 24.4 Å². The Morgan fingerprint density at radius 1 is 1.21 bits per heavy atom. The molecule has 1 atom stereocenters. The largest absolute Gasteiger partial charge is 0.356 e. The Morgan fingerprint density at radius 3 is 2.67 bits per heavy atom. The molecule has 4 heterocycles. The van der Waals surface area contributed by atoms with Gasteiger partial charge >= 0.3 is 5.69 Å². The van der Waals surface area contributed by atoms with Crippen LogP contribution in [0, 0.1) is 5.82 Å². The molecule has 4 aromatic rings. The molecule has 0 saturated carbocycles. The van der Waals surface area contributed by atoms with Crippen LogP contribution >= 0.6 is 11.3 Å². The molecule has 8 nitrogen and oxygen atoms in total. The topological polar surface area (TPSA) is 84.2 Å². The highest BCUT2D eigenvalue weighted by atomic mass is 32.1. The van der Waals surface area contributed by atoms with Crippen LogP contribution in [0.5, 0.6) is 0 Å². The van der Waals surface area contributed by atoms with Gasteiger partial charge in [-0.25, -0.2) is 23.7 Å². The molecule has 1 saturated heterocycles. The first-order chi connectivity index (χ1) is 18.7. The van der Waals surface area contributed by atoms with Crippen LogP contribution in [0.4, 0.5) is 10.2 Å². The first kappa shape index (κ1) is 26.4. The van der Waals surface area contributed by atoms with Gasteiger partial charge < -0.3 is 9.80 Å². The van der Waals surface area contributed by atoms with Gasteiger partial charge in [0.1, 0.15) is 22.3 Å². The second-order valence-electron chi connectivity index (χ2n) is 9.76. The Bertz CT molecular complexity index is 1660. The maximum atomic E-state index is 15.9. The van der Waals surface area contributed by atoms with Gasteiger partial charge in [-0.1, -0.05) is 57.3 Å². The third kappa shape index (κ3) is 4.65. The summed E-state index contributed by atoms with van der Waals surface area (Å²) in [4.78, 5) is 43.3. The minimum Gasteiger partial charge on any atom is -0.350 e. The third-order valence-corrected chi connectivity index (χ3v) is 7.77. The van der Waals surface area contributed by atoms with Gasteiger partial charge in [-0.2, -0.15) is 4.98 Å². The summed E-state index contributed by atoms with van der Waals surface area (Å²) in [6.45, 7) is 14.6. The molecule has 10 heteroatoms. The molecule has 0 radical (unpaired) electrons. The van der Waals surface area contributed by atoms with Gasteiger partial charge in [0.25, 0.3) is 0 Å². The fourth-order valence-electron chi connectivity index (χ4n) is 5.00. The number of fused-ring (bicyclic) bond motifs is 1. The fraction of sp³-hybridized carbons (Fsp3) is 0.276. The number of amides is 1. The number of hydrogen-bond donors (Lipinski definition) is 0. The number of carbonyl (C=O) groups excluding carboxylic acids is 1. The number of piperazine rings is 1. The zero-order valence-electron chi connectivity index (χ0n) is 22.1. The Balaban J connectivity index is 1.78. The summed E-state index contributed by atoms with van der Waals surface area (Å²) in [6, 6.07) is 8.51. The average Bonchev–Trinajstić information content (AvgIpc) is 3.42. The summed E-state index contributed by atoms with van der Waals surface area (Å²) in [5.74, 6) is -0.300. The van der Waals surface area contributed by atoms with Crippen molar-refractivity contribution < 1.29 is 9.18 Å². The van der Waals surface area contributed by atoms with E-state index in [1.54, 1.807) is 22.6 Å². The Kier molecular flexibility index (Phi) is 7.14. The van der Waals surface area contributed by atoms with Crippen LogP contribution in [0.25, 0.3) is 33.4 Å². The van der Waals surface area contributed by atoms with Crippen LogP contribution in [0.2, 0.25) is 0 Å². The molecule has 1 aromatic carbocycles. The summed E-state index contributed by atoms with van der Waals surface area (Å²) in [6.07, 6.45) is 2.94. The number of nitrogens with zero attached hydrogens (tertiary/aromatic N) is 6. The summed E-state index contributed by atoms with van der Waals surface area (Å²) < 4.78 is 17.3. The van der Waals surface area contributed by atoms with Crippen LogP contribution in [-0.4, -0.2) is 56.0 Å². The molecule has 39 heavy (non-hydrogen) atoms. The highest BCUT2D eigenvalue weighted by Crippen LogP contribution is 2.34. The van der Waals surface area contributed by atoms with Crippen molar-refractivity contribution in [3.63, 3.8) is 0 Å². The minimum atomic E-state index is -0.536. The number of benzene rings is 1. The van der Waals surface area contributed by atoms with Crippen molar-refractivity contribution >= 4 is 40.2 Å². The Hall–Kier alpha value is -4.18. The van der Waals surface area contributed by atoms with Gasteiger partial charge in [0.15, 0.2) is 5.65 Å². The van der Waals surface area contributed by atoms with Crippen molar-refractivity contribution in [2.45, 2.75) is 32.7 Å². The lowest BCUT2D eigenvalue weighted by Crippen LogP contribution is -2.54. The van der Waals surface area contributed by atoms with Gasteiger partial charge in [-0.15, -0.1) is 11.3 Å². The van der Waals surface area contributed by atoms with E-state index in [0.29, 0.717) is 47.1 Å². The number of rotatable bonds is 6. The van der Waals surface area contributed by atoms with Crippen molar-refractivity contribution in [2.75, 3.05) is 24.5 Å². The summed E-state index contributed by atoms with van der Waals surface area (Å²) >= 11 is 1.32. The van der Waals surface area contributed by atoms with Crippen molar-refractivity contribution in [1.29, 1.82) is 0 Å². The molecule has 0 bridgehead atoms. The molecule has 0 unspecified atom stereocenters. The van der Waals surface area contributed by atoms with Crippen LogP contribution < -0.4 is 10.6 Å². The van der Waals surface area contributed by atoms with E-state index in [1.807, 2.05) is 43.9 Å². The SMILES string of the molecule is C=CC(=O)N1CCN(c2nc(=O)n(-c3scnc3C(C)C)c3nc(-c4ccccc4C=C)c(F)cc23)[C@@H](C)C1. The van der Waals surface area contributed by atoms with E-state index in [4.69, 9.17) is 4.98 Å². The number of aromatic nitrogens is 4. The molecular formula is C29H29FN6O2S. The summed E-state index contributed by atoms with van der Waals surface area (Å²) in [5, 5.41) is 1.01. The van der Waals surface area contributed by atoms with E-state index in [-0.39, 0.29) is 23.6 Å². The lowest BCUT2D eigenvalue weighted by Gasteiger charge is -2.40. The zero-order chi connectivity index (χ0) is 27.8. The lowest BCUT2D eigenvalue weighted by molar-refractivity contribution is -0.126. The Labute approximate surface area is 229 Å². The fourth-order valence-corrected chi connectivity index (χ4v) is 5.95. The minimum absolute atomic E-state index is 0.0461.